The molecular formula is C31H34N6O4S. The van der Waals surface area contributed by atoms with Crippen LogP contribution >= 0.6 is 0 Å². The lowest BCUT2D eigenvalue weighted by Crippen LogP contribution is -2.46. The number of sulfone groups is 1. The zero-order valence-electron chi connectivity index (χ0n) is 23.6. The summed E-state index contributed by atoms with van der Waals surface area (Å²) in [5.41, 5.74) is 5.00. The van der Waals surface area contributed by atoms with Crippen LogP contribution in [0.2, 0.25) is 0 Å². The highest BCUT2D eigenvalue weighted by molar-refractivity contribution is 7.90. The maximum absolute atomic E-state index is 11.9. The first-order chi connectivity index (χ1) is 20.4. The fourth-order valence-electron chi connectivity index (χ4n) is 5.91. The number of benzene rings is 2. The van der Waals surface area contributed by atoms with Crippen molar-refractivity contribution in [1.82, 2.24) is 19.4 Å². The standard InChI is InChI=1S/C31H34N6O4S/c1-42(38,39)26-12-10-24(11-13-26)34-14-16-35(17-15-34)28-19-25(41-22-23-7-3-2-4-8-23)21-36-30(28)27-20-32-37(31(27)33-36)29-9-5-6-18-40-29/h2-4,7-8,10-13,19-21,29H,5-6,9,14-18,22H2,1H3. The van der Waals surface area contributed by atoms with E-state index in [1.165, 1.54) is 6.26 Å². The Balaban J connectivity index is 1.20. The largest absolute Gasteiger partial charge is 0.487 e. The minimum Gasteiger partial charge on any atom is -0.487 e. The fourth-order valence-corrected chi connectivity index (χ4v) is 6.54. The summed E-state index contributed by atoms with van der Waals surface area (Å²) < 4.78 is 40.0. The number of aromatic nitrogens is 4. The van der Waals surface area contributed by atoms with Gasteiger partial charge in [-0.15, -0.1) is 5.10 Å². The molecule has 5 aromatic rings. The molecule has 0 spiro atoms. The van der Waals surface area contributed by atoms with Crippen LogP contribution in [0.5, 0.6) is 5.75 Å². The van der Waals surface area contributed by atoms with Crippen molar-refractivity contribution < 1.29 is 17.9 Å². The van der Waals surface area contributed by atoms with Gasteiger partial charge in [-0.05, 0) is 49.1 Å². The monoisotopic (exact) mass is 586 g/mol. The number of hydrogen-bond acceptors (Lipinski definition) is 8. The topological polar surface area (TPSA) is 94.2 Å². The van der Waals surface area contributed by atoms with Gasteiger partial charge in [-0.1, -0.05) is 30.3 Å². The molecule has 2 aliphatic heterocycles. The van der Waals surface area contributed by atoms with Crippen LogP contribution in [0.1, 0.15) is 31.1 Å². The SMILES string of the molecule is CS(=O)(=O)c1ccc(N2CCN(c3cc(OCc4ccccc4)cn4nc5c(cnn5C5CCCCO5)c34)CC2)cc1. The number of ether oxygens (including phenoxy) is 2. The van der Waals surface area contributed by atoms with Crippen molar-refractivity contribution in [3.05, 3.63) is 78.6 Å². The highest BCUT2D eigenvalue weighted by Gasteiger charge is 2.26. The van der Waals surface area contributed by atoms with Gasteiger partial charge in [-0.25, -0.2) is 17.6 Å². The van der Waals surface area contributed by atoms with Crippen LogP contribution in [0.25, 0.3) is 16.6 Å². The molecule has 2 aromatic carbocycles. The van der Waals surface area contributed by atoms with E-state index in [9.17, 15) is 8.42 Å². The van der Waals surface area contributed by atoms with E-state index in [1.54, 1.807) is 12.1 Å². The normalized spacial score (nSPS) is 18.2. The van der Waals surface area contributed by atoms with Crippen LogP contribution < -0.4 is 14.5 Å². The van der Waals surface area contributed by atoms with Crippen LogP contribution in [-0.2, 0) is 21.2 Å². The van der Waals surface area contributed by atoms with Crippen molar-refractivity contribution in [2.75, 3.05) is 48.8 Å². The molecule has 1 unspecified atom stereocenters. The van der Waals surface area contributed by atoms with Crippen LogP contribution in [0.15, 0.2) is 78.0 Å². The van der Waals surface area contributed by atoms with E-state index in [4.69, 9.17) is 19.7 Å². The van der Waals surface area contributed by atoms with Gasteiger partial charge in [0.1, 0.15) is 17.9 Å². The summed E-state index contributed by atoms with van der Waals surface area (Å²) in [5.74, 6) is 0.749. The number of anilines is 2. The molecule has 3 aromatic heterocycles. The second-order valence-corrected chi connectivity index (χ2v) is 13.0. The molecule has 0 aliphatic carbocycles. The summed E-state index contributed by atoms with van der Waals surface area (Å²) in [5, 5.41) is 10.7. The van der Waals surface area contributed by atoms with Crippen LogP contribution in [0.3, 0.4) is 0 Å². The van der Waals surface area contributed by atoms with Gasteiger partial charge in [0.05, 0.1) is 28.4 Å². The van der Waals surface area contributed by atoms with E-state index in [-0.39, 0.29) is 6.23 Å². The second-order valence-electron chi connectivity index (χ2n) is 11.0. The predicted molar refractivity (Wildman–Crippen MR) is 162 cm³/mol. The molecule has 0 saturated carbocycles. The maximum atomic E-state index is 11.9. The van der Waals surface area contributed by atoms with Gasteiger partial charge in [-0.2, -0.15) is 5.10 Å². The quantitative estimate of drug-likeness (QED) is 0.271. The van der Waals surface area contributed by atoms with Gasteiger partial charge in [0.2, 0.25) is 0 Å². The Morgan fingerprint density at radius 3 is 2.45 bits per heavy atom. The van der Waals surface area contributed by atoms with Crippen molar-refractivity contribution in [3.63, 3.8) is 0 Å². The lowest BCUT2D eigenvalue weighted by molar-refractivity contribution is -0.0370. The van der Waals surface area contributed by atoms with Gasteiger partial charge >= 0.3 is 0 Å². The van der Waals surface area contributed by atoms with Gasteiger partial charge in [0.15, 0.2) is 21.7 Å². The third-order valence-corrected chi connectivity index (χ3v) is 9.28. The molecule has 7 rings (SSSR count). The van der Waals surface area contributed by atoms with E-state index in [1.807, 2.05) is 51.9 Å². The molecule has 10 nitrogen and oxygen atoms in total. The molecule has 0 bridgehead atoms. The molecule has 2 saturated heterocycles. The molecule has 0 N–H and O–H groups in total. The van der Waals surface area contributed by atoms with Gasteiger partial charge in [0, 0.05) is 50.8 Å². The Morgan fingerprint density at radius 2 is 1.74 bits per heavy atom. The van der Waals surface area contributed by atoms with Crippen LogP contribution in [-0.4, -0.2) is 66.9 Å². The van der Waals surface area contributed by atoms with Gasteiger partial charge < -0.3 is 19.3 Å². The number of piperazine rings is 1. The van der Waals surface area contributed by atoms with Crippen molar-refractivity contribution in [3.8, 4) is 5.75 Å². The summed E-state index contributed by atoms with van der Waals surface area (Å²) in [7, 11) is -3.22. The van der Waals surface area contributed by atoms with E-state index in [0.717, 1.165) is 91.3 Å². The molecule has 218 valence electrons. The summed E-state index contributed by atoms with van der Waals surface area (Å²) in [4.78, 5) is 5.00. The molecule has 42 heavy (non-hydrogen) atoms. The summed E-state index contributed by atoms with van der Waals surface area (Å²) in [6, 6.07) is 19.4. The second kappa shape index (κ2) is 11.0. The molecule has 0 amide bonds. The number of fused-ring (bicyclic) bond motifs is 3. The average molecular weight is 587 g/mol. The first-order valence-corrected chi connectivity index (χ1v) is 16.3. The number of hydrogen-bond donors (Lipinski definition) is 0. The Kier molecular flexibility index (Phi) is 6.99. The average Bonchev–Trinajstić information content (AvgIpc) is 3.60. The van der Waals surface area contributed by atoms with E-state index < -0.39 is 9.84 Å². The van der Waals surface area contributed by atoms with E-state index >= 15 is 0 Å². The first-order valence-electron chi connectivity index (χ1n) is 14.4. The zero-order valence-corrected chi connectivity index (χ0v) is 24.4. The lowest BCUT2D eigenvalue weighted by Gasteiger charge is -2.37. The number of nitrogens with zero attached hydrogens (tertiary/aromatic N) is 6. The van der Waals surface area contributed by atoms with E-state index in [2.05, 4.69) is 28.0 Å². The third-order valence-electron chi connectivity index (χ3n) is 8.15. The fraction of sp³-hybridized carbons (Fsp3) is 0.355. The van der Waals surface area contributed by atoms with Crippen molar-refractivity contribution >= 4 is 37.8 Å². The van der Waals surface area contributed by atoms with Crippen LogP contribution in [0, 0.1) is 0 Å². The Hall–Kier alpha value is -4.09. The maximum Gasteiger partial charge on any atom is 0.183 e. The first kappa shape index (κ1) is 26.8. The summed E-state index contributed by atoms with van der Waals surface area (Å²) >= 11 is 0. The highest BCUT2D eigenvalue weighted by Crippen LogP contribution is 2.35. The third kappa shape index (κ3) is 5.18. The summed E-state index contributed by atoms with van der Waals surface area (Å²) in [6.45, 7) is 4.38. The molecule has 2 aliphatic rings. The Bertz CT molecular complexity index is 1800. The summed E-state index contributed by atoms with van der Waals surface area (Å²) in [6.07, 6.45) is 8.11. The van der Waals surface area contributed by atoms with Crippen molar-refractivity contribution in [2.24, 2.45) is 0 Å². The van der Waals surface area contributed by atoms with Gasteiger partial charge in [0.25, 0.3) is 0 Å². The Morgan fingerprint density at radius 1 is 0.976 bits per heavy atom. The molecule has 0 radical (unpaired) electrons. The Labute approximate surface area is 245 Å². The van der Waals surface area contributed by atoms with Crippen LogP contribution in [0.4, 0.5) is 11.4 Å². The number of rotatable bonds is 7. The van der Waals surface area contributed by atoms with E-state index in [0.29, 0.717) is 11.5 Å². The molecule has 2 fully saturated rings. The highest BCUT2D eigenvalue weighted by atomic mass is 32.2. The predicted octanol–water partition coefficient (Wildman–Crippen LogP) is 4.69. The lowest BCUT2D eigenvalue weighted by atomic mass is 10.2. The molecule has 11 heteroatoms. The molecule has 1 atom stereocenters. The molecular weight excluding hydrogens is 552 g/mol. The van der Waals surface area contributed by atoms with Crippen molar-refractivity contribution in [2.45, 2.75) is 37.0 Å². The van der Waals surface area contributed by atoms with Crippen molar-refractivity contribution in [1.29, 1.82) is 0 Å². The number of pyridine rings is 1. The molecule has 5 heterocycles. The van der Waals surface area contributed by atoms with Gasteiger partial charge in [-0.3, -0.25) is 0 Å². The smallest absolute Gasteiger partial charge is 0.183 e. The minimum absolute atomic E-state index is 0.101. The zero-order chi connectivity index (χ0) is 28.7. The minimum atomic E-state index is -3.22.